The highest BCUT2D eigenvalue weighted by Gasteiger charge is 2.07. The second-order valence-electron chi connectivity index (χ2n) is 3.59. The first kappa shape index (κ1) is 11.1. The molecule has 3 aromatic rings. The van der Waals surface area contributed by atoms with Crippen molar-refractivity contribution in [3.8, 4) is 0 Å². The van der Waals surface area contributed by atoms with E-state index in [1.165, 1.54) is 11.8 Å². The average molecular weight is 261 g/mol. The third kappa shape index (κ3) is 2.04. The molecule has 0 aliphatic rings. The van der Waals surface area contributed by atoms with E-state index in [-0.39, 0.29) is 0 Å². The van der Waals surface area contributed by atoms with Gasteiger partial charge in [-0.1, -0.05) is 11.8 Å². The molecule has 3 heterocycles. The molecule has 0 saturated carbocycles. The van der Waals surface area contributed by atoms with Gasteiger partial charge in [-0.25, -0.2) is 9.97 Å². The van der Waals surface area contributed by atoms with Crippen LogP contribution in [-0.2, 0) is 6.54 Å². The molecule has 0 bridgehead atoms. The number of aromatic nitrogens is 4. The van der Waals surface area contributed by atoms with E-state index < -0.39 is 0 Å². The van der Waals surface area contributed by atoms with Crippen LogP contribution in [0.25, 0.3) is 5.65 Å². The molecule has 0 unspecified atom stereocenters. The molecule has 0 saturated heterocycles. The third-order valence-electron chi connectivity index (χ3n) is 2.44. The minimum Gasteiger partial charge on any atom is -0.467 e. The SMILES string of the molecule is CSc1nc(NCc2ccco2)n2cncc2n1. The van der Waals surface area contributed by atoms with Gasteiger partial charge in [0.2, 0.25) is 5.95 Å². The molecule has 3 rings (SSSR count). The molecule has 6 nitrogen and oxygen atoms in total. The van der Waals surface area contributed by atoms with Gasteiger partial charge in [0.25, 0.3) is 0 Å². The molecule has 18 heavy (non-hydrogen) atoms. The van der Waals surface area contributed by atoms with E-state index in [1.54, 1.807) is 18.8 Å². The Morgan fingerprint density at radius 1 is 1.44 bits per heavy atom. The van der Waals surface area contributed by atoms with Gasteiger partial charge in [-0.05, 0) is 18.4 Å². The van der Waals surface area contributed by atoms with Crippen LogP contribution in [0.2, 0.25) is 0 Å². The van der Waals surface area contributed by atoms with Crippen LogP contribution in [0.1, 0.15) is 5.76 Å². The molecule has 0 aliphatic carbocycles. The fourth-order valence-corrected chi connectivity index (χ4v) is 1.96. The van der Waals surface area contributed by atoms with E-state index in [0.717, 1.165) is 11.4 Å². The van der Waals surface area contributed by atoms with Crippen LogP contribution in [0, 0.1) is 0 Å². The first-order valence-corrected chi connectivity index (χ1v) is 6.59. The number of thioether (sulfide) groups is 1. The molecule has 1 N–H and O–H groups in total. The van der Waals surface area contributed by atoms with Gasteiger partial charge in [-0.2, -0.15) is 4.98 Å². The van der Waals surface area contributed by atoms with E-state index in [0.29, 0.717) is 17.6 Å². The van der Waals surface area contributed by atoms with Gasteiger partial charge in [0, 0.05) is 0 Å². The minimum absolute atomic E-state index is 0.575. The van der Waals surface area contributed by atoms with Crippen molar-refractivity contribution in [1.29, 1.82) is 0 Å². The number of rotatable bonds is 4. The van der Waals surface area contributed by atoms with E-state index in [1.807, 2.05) is 22.8 Å². The first-order chi connectivity index (χ1) is 8.86. The number of nitrogens with one attached hydrogen (secondary N) is 1. The molecule has 0 aromatic carbocycles. The Morgan fingerprint density at radius 3 is 3.17 bits per heavy atom. The lowest BCUT2D eigenvalue weighted by Gasteiger charge is -2.07. The summed E-state index contributed by atoms with van der Waals surface area (Å²) in [7, 11) is 0. The Hall–Kier alpha value is -2.02. The van der Waals surface area contributed by atoms with Gasteiger partial charge in [0.1, 0.15) is 12.1 Å². The summed E-state index contributed by atoms with van der Waals surface area (Å²) in [4.78, 5) is 12.8. The lowest BCUT2D eigenvalue weighted by molar-refractivity contribution is 0.517. The Labute approximate surface area is 107 Å². The summed E-state index contributed by atoms with van der Waals surface area (Å²) >= 11 is 1.50. The van der Waals surface area contributed by atoms with Crippen molar-refractivity contribution in [2.24, 2.45) is 0 Å². The molecule has 92 valence electrons. The number of anilines is 1. The van der Waals surface area contributed by atoms with Gasteiger partial charge in [-0.3, -0.25) is 4.40 Å². The Balaban J connectivity index is 1.92. The number of hydrogen-bond donors (Lipinski definition) is 1. The second-order valence-corrected chi connectivity index (χ2v) is 4.36. The highest BCUT2D eigenvalue weighted by Crippen LogP contribution is 2.15. The minimum atomic E-state index is 0.575. The zero-order chi connectivity index (χ0) is 12.4. The molecule has 7 heteroatoms. The van der Waals surface area contributed by atoms with Gasteiger partial charge in [0.15, 0.2) is 10.8 Å². The lowest BCUT2D eigenvalue weighted by atomic mass is 10.4. The lowest BCUT2D eigenvalue weighted by Crippen LogP contribution is -2.07. The van der Waals surface area contributed by atoms with E-state index >= 15 is 0 Å². The molecule has 0 aliphatic heterocycles. The fourth-order valence-electron chi connectivity index (χ4n) is 1.60. The predicted octanol–water partition coefficient (Wildman–Crippen LogP) is 2.05. The van der Waals surface area contributed by atoms with E-state index in [4.69, 9.17) is 4.42 Å². The summed E-state index contributed by atoms with van der Waals surface area (Å²) in [5.41, 5.74) is 0.774. The largest absolute Gasteiger partial charge is 0.467 e. The second kappa shape index (κ2) is 4.69. The maximum absolute atomic E-state index is 5.27. The topological polar surface area (TPSA) is 68.2 Å². The van der Waals surface area contributed by atoms with Crippen molar-refractivity contribution in [3.63, 3.8) is 0 Å². The van der Waals surface area contributed by atoms with Crippen LogP contribution in [0.15, 0.2) is 40.5 Å². The highest BCUT2D eigenvalue weighted by atomic mass is 32.2. The highest BCUT2D eigenvalue weighted by molar-refractivity contribution is 7.98. The van der Waals surface area contributed by atoms with Gasteiger partial charge in [-0.15, -0.1) is 0 Å². The van der Waals surface area contributed by atoms with Gasteiger partial charge in [0.05, 0.1) is 19.0 Å². The maximum atomic E-state index is 5.27. The molecule has 0 radical (unpaired) electrons. The number of nitrogens with zero attached hydrogens (tertiary/aromatic N) is 4. The van der Waals surface area contributed by atoms with Crippen molar-refractivity contribution in [2.45, 2.75) is 11.7 Å². The van der Waals surface area contributed by atoms with Crippen molar-refractivity contribution in [3.05, 3.63) is 36.7 Å². The summed E-state index contributed by atoms with van der Waals surface area (Å²) in [5.74, 6) is 1.56. The molecule has 0 atom stereocenters. The molecular weight excluding hydrogens is 250 g/mol. The standard InChI is InChI=1S/C11H11N5OS/c1-18-11-14-9-6-12-7-16(9)10(15-11)13-5-8-3-2-4-17-8/h2-4,6-7H,5H2,1H3,(H,13,14,15). The smallest absolute Gasteiger partial charge is 0.212 e. The quantitative estimate of drug-likeness (QED) is 0.725. The summed E-state index contributed by atoms with van der Waals surface area (Å²) in [6.45, 7) is 0.575. The molecule has 0 spiro atoms. The van der Waals surface area contributed by atoms with Crippen molar-refractivity contribution < 1.29 is 4.42 Å². The molecular formula is C11H11N5OS. The maximum Gasteiger partial charge on any atom is 0.212 e. The number of imidazole rings is 1. The third-order valence-corrected chi connectivity index (χ3v) is 2.99. The Kier molecular flexibility index (Phi) is 2.89. The van der Waals surface area contributed by atoms with E-state index in [2.05, 4.69) is 20.3 Å². The van der Waals surface area contributed by atoms with Crippen molar-refractivity contribution >= 4 is 23.4 Å². The Morgan fingerprint density at radius 2 is 2.39 bits per heavy atom. The van der Waals surface area contributed by atoms with Crippen LogP contribution < -0.4 is 5.32 Å². The molecule has 0 amide bonds. The zero-order valence-electron chi connectivity index (χ0n) is 9.70. The summed E-state index contributed by atoms with van der Waals surface area (Å²) in [6, 6.07) is 3.77. The first-order valence-electron chi connectivity index (χ1n) is 5.37. The normalized spacial score (nSPS) is 10.9. The number of hydrogen-bond acceptors (Lipinski definition) is 6. The van der Waals surface area contributed by atoms with Crippen LogP contribution in [0.3, 0.4) is 0 Å². The fraction of sp³-hybridized carbons (Fsp3) is 0.182. The van der Waals surface area contributed by atoms with Crippen molar-refractivity contribution in [1.82, 2.24) is 19.4 Å². The zero-order valence-corrected chi connectivity index (χ0v) is 10.5. The van der Waals surface area contributed by atoms with Crippen LogP contribution >= 0.6 is 11.8 Å². The van der Waals surface area contributed by atoms with E-state index in [9.17, 15) is 0 Å². The number of furan rings is 1. The van der Waals surface area contributed by atoms with Crippen molar-refractivity contribution in [2.75, 3.05) is 11.6 Å². The van der Waals surface area contributed by atoms with Gasteiger partial charge >= 0.3 is 0 Å². The summed E-state index contributed by atoms with van der Waals surface area (Å²) in [6.07, 6.45) is 6.99. The molecule has 0 fully saturated rings. The predicted molar refractivity (Wildman–Crippen MR) is 68.6 cm³/mol. The van der Waals surface area contributed by atoms with Crippen LogP contribution in [0.5, 0.6) is 0 Å². The monoisotopic (exact) mass is 261 g/mol. The number of fused-ring (bicyclic) bond motifs is 1. The molecule has 3 aromatic heterocycles. The van der Waals surface area contributed by atoms with Crippen LogP contribution in [-0.4, -0.2) is 25.6 Å². The summed E-state index contributed by atoms with van der Waals surface area (Å²) in [5, 5.41) is 3.93. The Bertz CT molecular complexity index is 649. The van der Waals surface area contributed by atoms with Gasteiger partial charge < -0.3 is 9.73 Å². The average Bonchev–Trinajstić information content (AvgIpc) is 3.06. The summed E-state index contributed by atoms with van der Waals surface area (Å²) < 4.78 is 7.08. The van der Waals surface area contributed by atoms with Crippen LogP contribution in [0.4, 0.5) is 5.95 Å².